The summed E-state index contributed by atoms with van der Waals surface area (Å²) in [5, 5.41) is 6.19. The zero-order chi connectivity index (χ0) is 17.7. The summed E-state index contributed by atoms with van der Waals surface area (Å²) in [6.07, 6.45) is 2.55. The van der Waals surface area contributed by atoms with E-state index in [-0.39, 0.29) is 12.5 Å². The number of fused-ring (bicyclic) bond motifs is 3. The van der Waals surface area contributed by atoms with Crippen molar-refractivity contribution in [3.63, 3.8) is 0 Å². The van der Waals surface area contributed by atoms with Crippen molar-refractivity contribution in [2.45, 2.75) is 13.0 Å². The molecule has 0 aliphatic carbocycles. The SMILES string of the molecule is Cn1ccc(-c2cc(Cl)c(Cl)c3oc4c(c23)CCN(C(=O)CN)C4)n1. The van der Waals surface area contributed by atoms with Gasteiger partial charge in [-0.1, -0.05) is 23.2 Å². The molecule has 2 N–H and O–H groups in total. The number of carbonyl (C=O) groups excluding carboxylic acids is 1. The van der Waals surface area contributed by atoms with E-state index in [2.05, 4.69) is 5.10 Å². The number of aromatic nitrogens is 2. The van der Waals surface area contributed by atoms with E-state index in [0.717, 1.165) is 28.0 Å². The lowest BCUT2D eigenvalue weighted by Gasteiger charge is -2.25. The highest BCUT2D eigenvalue weighted by atomic mass is 35.5. The average molecular weight is 379 g/mol. The highest BCUT2D eigenvalue weighted by Gasteiger charge is 2.28. The number of aryl methyl sites for hydroxylation is 1. The van der Waals surface area contributed by atoms with Crippen molar-refractivity contribution >= 4 is 40.1 Å². The Hall–Kier alpha value is -2.02. The molecule has 6 nitrogen and oxygen atoms in total. The number of nitrogens with two attached hydrogens (primary N) is 1. The molecule has 2 aromatic heterocycles. The van der Waals surface area contributed by atoms with Crippen LogP contribution in [0.3, 0.4) is 0 Å². The first-order valence-corrected chi connectivity index (χ1v) is 8.65. The molecule has 1 aromatic carbocycles. The first-order valence-electron chi connectivity index (χ1n) is 7.89. The maximum Gasteiger partial charge on any atom is 0.236 e. The molecule has 1 aliphatic heterocycles. The van der Waals surface area contributed by atoms with Crippen LogP contribution >= 0.6 is 23.2 Å². The van der Waals surface area contributed by atoms with Crippen molar-refractivity contribution in [2.24, 2.45) is 12.8 Å². The molecule has 0 bridgehead atoms. The lowest BCUT2D eigenvalue weighted by atomic mass is 9.98. The summed E-state index contributed by atoms with van der Waals surface area (Å²) in [4.78, 5) is 13.6. The van der Waals surface area contributed by atoms with Gasteiger partial charge in [-0.05, 0) is 18.6 Å². The minimum absolute atomic E-state index is 0.0126. The summed E-state index contributed by atoms with van der Waals surface area (Å²) in [5.74, 6) is 0.629. The van der Waals surface area contributed by atoms with Gasteiger partial charge in [0.25, 0.3) is 0 Å². The molecule has 25 heavy (non-hydrogen) atoms. The molecule has 0 atom stereocenters. The lowest BCUT2D eigenvalue weighted by Crippen LogP contribution is -2.39. The molecule has 1 aliphatic rings. The molecule has 0 spiro atoms. The molecular formula is C17H16Cl2N4O2. The van der Waals surface area contributed by atoms with Crippen LogP contribution in [0.15, 0.2) is 22.7 Å². The van der Waals surface area contributed by atoms with Gasteiger partial charge in [-0.2, -0.15) is 5.10 Å². The fourth-order valence-corrected chi connectivity index (χ4v) is 3.70. The smallest absolute Gasteiger partial charge is 0.236 e. The van der Waals surface area contributed by atoms with Gasteiger partial charge in [-0.25, -0.2) is 0 Å². The highest BCUT2D eigenvalue weighted by Crippen LogP contribution is 2.43. The number of furan rings is 1. The summed E-state index contributed by atoms with van der Waals surface area (Å²) in [6, 6.07) is 3.74. The zero-order valence-electron chi connectivity index (χ0n) is 13.6. The summed E-state index contributed by atoms with van der Waals surface area (Å²) < 4.78 is 7.74. The van der Waals surface area contributed by atoms with Crippen LogP contribution in [0.1, 0.15) is 11.3 Å². The van der Waals surface area contributed by atoms with Gasteiger partial charge in [0.1, 0.15) is 10.8 Å². The molecule has 0 saturated carbocycles. The van der Waals surface area contributed by atoms with E-state index < -0.39 is 0 Å². The van der Waals surface area contributed by atoms with Crippen LogP contribution in [-0.2, 0) is 24.8 Å². The Morgan fingerprint density at radius 3 is 2.92 bits per heavy atom. The molecule has 0 unspecified atom stereocenters. The maximum absolute atomic E-state index is 11.9. The highest BCUT2D eigenvalue weighted by molar-refractivity contribution is 6.45. The van der Waals surface area contributed by atoms with Crippen LogP contribution in [0.2, 0.25) is 10.0 Å². The summed E-state index contributed by atoms with van der Waals surface area (Å²) >= 11 is 12.7. The predicted molar refractivity (Wildman–Crippen MR) is 96.6 cm³/mol. The average Bonchev–Trinajstić information content (AvgIpc) is 3.20. The number of hydrogen-bond donors (Lipinski definition) is 1. The van der Waals surface area contributed by atoms with E-state index in [4.69, 9.17) is 33.4 Å². The second kappa shape index (κ2) is 6.05. The van der Waals surface area contributed by atoms with Crippen LogP contribution in [0.4, 0.5) is 0 Å². The molecular weight excluding hydrogens is 363 g/mol. The third-order valence-electron chi connectivity index (χ3n) is 4.52. The monoisotopic (exact) mass is 378 g/mol. The van der Waals surface area contributed by atoms with E-state index in [1.54, 1.807) is 9.58 Å². The van der Waals surface area contributed by atoms with Gasteiger partial charge < -0.3 is 15.1 Å². The van der Waals surface area contributed by atoms with Crippen molar-refractivity contribution < 1.29 is 9.21 Å². The van der Waals surface area contributed by atoms with E-state index in [1.165, 1.54) is 0 Å². The molecule has 0 saturated heterocycles. The van der Waals surface area contributed by atoms with Crippen LogP contribution in [-0.4, -0.2) is 33.7 Å². The molecule has 3 heterocycles. The molecule has 0 radical (unpaired) electrons. The molecule has 3 aromatic rings. The Bertz CT molecular complexity index is 992. The van der Waals surface area contributed by atoms with Crippen molar-refractivity contribution in [1.29, 1.82) is 0 Å². The van der Waals surface area contributed by atoms with Crippen molar-refractivity contribution in [1.82, 2.24) is 14.7 Å². The van der Waals surface area contributed by atoms with Gasteiger partial charge in [0.05, 0.1) is 23.8 Å². The minimum Gasteiger partial charge on any atom is -0.457 e. The quantitative estimate of drug-likeness (QED) is 0.743. The third kappa shape index (κ3) is 2.61. The number of nitrogens with zero attached hydrogens (tertiary/aromatic N) is 3. The Balaban J connectivity index is 1.93. The Morgan fingerprint density at radius 1 is 1.44 bits per heavy atom. The van der Waals surface area contributed by atoms with Crippen molar-refractivity contribution in [3.8, 4) is 11.3 Å². The second-order valence-electron chi connectivity index (χ2n) is 6.07. The van der Waals surface area contributed by atoms with Gasteiger partial charge in [0.15, 0.2) is 5.58 Å². The second-order valence-corrected chi connectivity index (χ2v) is 6.86. The topological polar surface area (TPSA) is 77.3 Å². The minimum atomic E-state index is -0.0971. The van der Waals surface area contributed by atoms with Crippen LogP contribution < -0.4 is 5.73 Å². The Kier molecular flexibility index (Phi) is 3.98. The predicted octanol–water partition coefficient (Wildman–Crippen LogP) is 2.98. The summed E-state index contributed by atoms with van der Waals surface area (Å²) in [7, 11) is 1.86. The lowest BCUT2D eigenvalue weighted by molar-refractivity contribution is -0.130. The third-order valence-corrected chi connectivity index (χ3v) is 5.29. The molecule has 1 amide bonds. The zero-order valence-corrected chi connectivity index (χ0v) is 15.1. The van der Waals surface area contributed by atoms with E-state index >= 15 is 0 Å². The van der Waals surface area contributed by atoms with Gasteiger partial charge in [0.2, 0.25) is 5.91 Å². The normalized spacial score (nSPS) is 14.2. The van der Waals surface area contributed by atoms with Gasteiger partial charge in [-0.3, -0.25) is 9.48 Å². The van der Waals surface area contributed by atoms with Crippen molar-refractivity contribution in [3.05, 3.63) is 39.7 Å². The van der Waals surface area contributed by atoms with E-state index in [1.807, 2.05) is 25.4 Å². The molecule has 8 heteroatoms. The number of benzene rings is 1. The fraction of sp³-hybridized carbons (Fsp3) is 0.294. The Labute approximate surface area is 154 Å². The van der Waals surface area contributed by atoms with Gasteiger partial charge in [-0.15, -0.1) is 0 Å². The first kappa shape index (κ1) is 16.4. The summed E-state index contributed by atoms with van der Waals surface area (Å²) in [6.45, 7) is 0.969. The first-order chi connectivity index (χ1) is 12.0. The van der Waals surface area contributed by atoms with Crippen LogP contribution in [0.5, 0.6) is 0 Å². The largest absolute Gasteiger partial charge is 0.457 e. The summed E-state index contributed by atoms with van der Waals surface area (Å²) in [5.41, 5.74) is 8.75. The number of amides is 1. The number of hydrogen-bond acceptors (Lipinski definition) is 4. The molecule has 130 valence electrons. The van der Waals surface area contributed by atoms with Gasteiger partial charge >= 0.3 is 0 Å². The molecule has 0 fully saturated rings. The number of carbonyl (C=O) groups is 1. The van der Waals surface area contributed by atoms with Crippen molar-refractivity contribution in [2.75, 3.05) is 13.1 Å². The molecule has 4 rings (SSSR count). The van der Waals surface area contributed by atoms with Crippen LogP contribution in [0.25, 0.3) is 22.2 Å². The van der Waals surface area contributed by atoms with E-state index in [9.17, 15) is 4.79 Å². The number of halogens is 2. The Morgan fingerprint density at radius 2 is 2.24 bits per heavy atom. The maximum atomic E-state index is 11.9. The van der Waals surface area contributed by atoms with E-state index in [0.29, 0.717) is 35.1 Å². The van der Waals surface area contributed by atoms with Gasteiger partial charge in [0, 0.05) is 36.3 Å². The fourth-order valence-electron chi connectivity index (χ4n) is 3.32. The number of rotatable bonds is 2. The van der Waals surface area contributed by atoms with Crippen LogP contribution in [0, 0.1) is 0 Å². The standard InChI is InChI=1S/C17H16Cl2N4O2/c1-22-4-3-12(21-22)10-6-11(18)16(19)17-15(10)9-2-5-23(14(24)7-20)8-13(9)25-17/h3-4,6H,2,5,7-8,20H2,1H3.